The lowest BCUT2D eigenvalue weighted by Crippen LogP contribution is -2.48. The molecule has 6 heteroatoms. The number of aryl methyl sites for hydroxylation is 1. The van der Waals surface area contributed by atoms with E-state index < -0.39 is 0 Å². The van der Waals surface area contributed by atoms with Gasteiger partial charge in [0.05, 0.1) is 5.69 Å². The first-order valence-electron chi connectivity index (χ1n) is 9.85. The van der Waals surface area contributed by atoms with Crippen LogP contribution in [-0.4, -0.2) is 56.1 Å². The van der Waals surface area contributed by atoms with Gasteiger partial charge in [0.2, 0.25) is 0 Å². The molecule has 2 aromatic carbocycles. The lowest BCUT2D eigenvalue weighted by Gasteiger charge is -2.34. The highest BCUT2D eigenvalue weighted by atomic mass is 32.1. The van der Waals surface area contributed by atoms with Crippen LogP contribution in [0.1, 0.15) is 15.9 Å². The molecule has 29 heavy (non-hydrogen) atoms. The van der Waals surface area contributed by atoms with Crippen molar-refractivity contribution < 1.29 is 4.79 Å². The summed E-state index contributed by atoms with van der Waals surface area (Å²) in [6.45, 7) is 5.14. The highest BCUT2D eigenvalue weighted by Crippen LogP contribution is 2.28. The third kappa shape index (κ3) is 4.27. The number of rotatable bonds is 4. The van der Waals surface area contributed by atoms with Gasteiger partial charge in [0.15, 0.2) is 5.13 Å². The van der Waals surface area contributed by atoms with E-state index in [1.165, 1.54) is 5.56 Å². The third-order valence-corrected chi connectivity index (χ3v) is 6.21. The van der Waals surface area contributed by atoms with Crippen molar-refractivity contribution in [3.63, 3.8) is 0 Å². The first-order valence-corrected chi connectivity index (χ1v) is 10.7. The molecular formula is C23H26N4OS. The van der Waals surface area contributed by atoms with Crippen LogP contribution in [-0.2, 0) is 0 Å². The summed E-state index contributed by atoms with van der Waals surface area (Å²) >= 11 is 1.67. The molecule has 1 amide bonds. The lowest BCUT2D eigenvalue weighted by molar-refractivity contribution is 0.0747. The Balaban J connectivity index is 1.38. The molecule has 0 saturated carbocycles. The Hall–Kier alpha value is -2.86. The number of benzene rings is 2. The monoisotopic (exact) mass is 406 g/mol. The van der Waals surface area contributed by atoms with Gasteiger partial charge in [0.25, 0.3) is 5.91 Å². The predicted molar refractivity (Wildman–Crippen MR) is 121 cm³/mol. The molecule has 1 aromatic heterocycles. The van der Waals surface area contributed by atoms with Crippen LogP contribution in [0.15, 0.2) is 53.9 Å². The first kappa shape index (κ1) is 19.5. The molecule has 0 unspecified atom stereocenters. The van der Waals surface area contributed by atoms with Crippen LogP contribution in [0.4, 0.5) is 10.8 Å². The smallest absolute Gasteiger partial charge is 0.253 e. The van der Waals surface area contributed by atoms with E-state index in [1.54, 1.807) is 11.3 Å². The standard InChI is InChI=1S/C23H26N4OS/c1-17-4-6-18(7-5-17)21-16-29-23(24-21)27-14-12-26(13-15-27)22(28)19-8-10-20(11-9-19)25(2)3/h4-11,16H,12-15H2,1-3H3. The minimum absolute atomic E-state index is 0.106. The van der Waals surface area contributed by atoms with Crippen molar-refractivity contribution in [2.75, 3.05) is 50.1 Å². The average Bonchev–Trinajstić information content (AvgIpc) is 3.24. The van der Waals surface area contributed by atoms with Gasteiger partial charge in [-0.05, 0) is 31.2 Å². The summed E-state index contributed by atoms with van der Waals surface area (Å²) < 4.78 is 0. The number of hydrogen-bond donors (Lipinski definition) is 0. The van der Waals surface area contributed by atoms with Gasteiger partial charge in [-0.25, -0.2) is 4.98 Å². The van der Waals surface area contributed by atoms with Crippen molar-refractivity contribution in [1.29, 1.82) is 0 Å². The highest BCUT2D eigenvalue weighted by Gasteiger charge is 2.24. The second-order valence-electron chi connectivity index (χ2n) is 7.60. The van der Waals surface area contributed by atoms with Gasteiger partial charge < -0.3 is 14.7 Å². The van der Waals surface area contributed by atoms with Crippen molar-refractivity contribution in [2.45, 2.75) is 6.92 Å². The Bertz CT molecular complexity index is 971. The summed E-state index contributed by atoms with van der Waals surface area (Å²) in [7, 11) is 4.00. The Labute approximate surface area is 176 Å². The maximum atomic E-state index is 12.8. The second-order valence-corrected chi connectivity index (χ2v) is 8.44. The van der Waals surface area contributed by atoms with E-state index in [2.05, 4.69) is 41.5 Å². The Morgan fingerprint density at radius 2 is 1.62 bits per heavy atom. The van der Waals surface area contributed by atoms with Crippen LogP contribution in [0.5, 0.6) is 0 Å². The van der Waals surface area contributed by atoms with Crippen LogP contribution in [0.2, 0.25) is 0 Å². The van der Waals surface area contributed by atoms with E-state index in [0.717, 1.165) is 40.7 Å². The number of hydrogen-bond acceptors (Lipinski definition) is 5. The molecule has 2 heterocycles. The molecule has 1 saturated heterocycles. The van der Waals surface area contributed by atoms with Gasteiger partial charge in [-0.1, -0.05) is 29.8 Å². The number of carbonyl (C=O) groups excluding carboxylic acids is 1. The van der Waals surface area contributed by atoms with Crippen LogP contribution in [0.25, 0.3) is 11.3 Å². The van der Waals surface area contributed by atoms with Crippen molar-refractivity contribution in [3.8, 4) is 11.3 Å². The van der Waals surface area contributed by atoms with Crippen LogP contribution >= 0.6 is 11.3 Å². The van der Waals surface area contributed by atoms with Gasteiger partial charge in [0, 0.05) is 62.5 Å². The fourth-order valence-corrected chi connectivity index (χ4v) is 4.34. The Kier molecular flexibility index (Phi) is 5.53. The average molecular weight is 407 g/mol. The molecule has 3 aromatic rings. The topological polar surface area (TPSA) is 39.7 Å². The highest BCUT2D eigenvalue weighted by molar-refractivity contribution is 7.14. The molecule has 5 nitrogen and oxygen atoms in total. The molecule has 1 aliphatic rings. The zero-order chi connectivity index (χ0) is 20.4. The fourth-order valence-electron chi connectivity index (χ4n) is 3.45. The van der Waals surface area contributed by atoms with Gasteiger partial charge in [-0.15, -0.1) is 11.3 Å². The van der Waals surface area contributed by atoms with Gasteiger partial charge in [0.1, 0.15) is 0 Å². The van der Waals surface area contributed by atoms with Crippen molar-refractivity contribution >= 4 is 28.1 Å². The van der Waals surface area contributed by atoms with Crippen LogP contribution in [0.3, 0.4) is 0 Å². The molecule has 1 fully saturated rings. The summed E-state index contributed by atoms with van der Waals surface area (Å²) in [5.74, 6) is 0.106. The summed E-state index contributed by atoms with van der Waals surface area (Å²) in [4.78, 5) is 23.9. The maximum Gasteiger partial charge on any atom is 0.253 e. The minimum Gasteiger partial charge on any atom is -0.378 e. The molecule has 1 aliphatic heterocycles. The zero-order valence-corrected chi connectivity index (χ0v) is 17.9. The molecule has 0 bridgehead atoms. The van der Waals surface area contributed by atoms with E-state index in [0.29, 0.717) is 13.1 Å². The molecule has 4 rings (SSSR count). The first-order chi connectivity index (χ1) is 14.0. The van der Waals surface area contributed by atoms with E-state index >= 15 is 0 Å². The van der Waals surface area contributed by atoms with E-state index in [1.807, 2.05) is 48.2 Å². The quantitative estimate of drug-likeness (QED) is 0.653. The normalized spacial score (nSPS) is 14.2. The lowest BCUT2D eigenvalue weighted by atomic mass is 10.1. The molecule has 0 aliphatic carbocycles. The molecule has 0 spiro atoms. The molecule has 0 N–H and O–H groups in total. The number of thiazole rings is 1. The van der Waals surface area contributed by atoms with Gasteiger partial charge >= 0.3 is 0 Å². The SMILES string of the molecule is Cc1ccc(-c2csc(N3CCN(C(=O)c4ccc(N(C)C)cc4)CC3)n2)cc1. The molecular weight excluding hydrogens is 380 g/mol. The molecule has 0 radical (unpaired) electrons. The minimum atomic E-state index is 0.106. The number of nitrogens with zero attached hydrogens (tertiary/aromatic N) is 4. The second kappa shape index (κ2) is 8.25. The third-order valence-electron chi connectivity index (χ3n) is 5.31. The summed E-state index contributed by atoms with van der Waals surface area (Å²) in [5.41, 5.74) is 5.26. The number of anilines is 2. The van der Waals surface area contributed by atoms with Crippen molar-refractivity contribution in [2.24, 2.45) is 0 Å². The summed E-state index contributed by atoms with van der Waals surface area (Å²) in [6, 6.07) is 16.3. The van der Waals surface area contributed by atoms with E-state index in [9.17, 15) is 4.79 Å². The van der Waals surface area contributed by atoms with Crippen molar-refractivity contribution in [3.05, 3.63) is 65.0 Å². The van der Waals surface area contributed by atoms with Crippen LogP contribution < -0.4 is 9.80 Å². The van der Waals surface area contributed by atoms with E-state index in [4.69, 9.17) is 4.98 Å². The fraction of sp³-hybridized carbons (Fsp3) is 0.304. The zero-order valence-electron chi connectivity index (χ0n) is 17.1. The molecule has 150 valence electrons. The van der Waals surface area contributed by atoms with E-state index in [-0.39, 0.29) is 5.91 Å². The Morgan fingerprint density at radius 1 is 0.966 bits per heavy atom. The molecule has 0 atom stereocenters. The predicted octanol–water partition coefficient (Wildman–Crippen LogP) is 4.15. The summed E-state index contributed by atoms with van der Waals surface area (Å²) in [5, 5.41) is 3.15. The Morgan fingerprint density at radius 3 is 2.24 bits per heavy atom. The number of aromatic nitrogens is 1. The van der Waals surface area contributed by atoms with Crippen LogP contribution in [0, 0.1) is 6.92 Å². The number of piperazine rings is 1. The van der Waals surface area contributed by atoms with Gasteiger partial charge in [-0.2, -0.15) is 0 Å². The number of amides is 1. The number of carbonyl (C=O) groups is 1. The van der Waals surface area contributed by atoms with Gasteiger partial charge in [-0.3, -0.25) is 4.79 Å². The maximum absolute atomic E-state index is 12.8. The summed E-state index contributed by atoms with van der Waals surface area (Å²) in [6.07, 6.45) is 0. The largest absolute Gasteiger partial charge is 0.378 e. The van der Waals surface area contributed by atoms with Crippen molar-refractivity contribution in [1.82, 2.24) is 9.88 Å².